The predicted molar refractivity (Wildman–Crippen MR) is 75.8 cm³/mol. The van der Waals surface area contributed by atoms with Gasteiger partial charge in [-0.05, 0) is 0 Å². The van der Waals surface area contributed by atoms with E-state index in [4.69, 9.17) is 5.26 Å². The van der Waals surface area contributed by atoms with Crippen LogP contribution in [-0.2, 0) is 0 Å². The Morgan fingerprint density at radius 3 is 2.50 bits per heavy atom. The molecule has 0 saturated carbocycles. The minimum absolute atomic E-state index is 0.386. The molecule has 86 valence electrons. The first-order valence-electron chi connectivity index (χ1n) is 5.77. The molecule has 1 aromatic heterocycles. The van der Waals surface area contributed by atoms with E-state index >= 15 is 0 Å². The van der Waals surface area contributed by atoms with Crippen molar-refractivity contribution in [3.8, 4) is 16.1 Å². The van der Waals surface area contributed by atoms with Crippen LogP contribution in [0.3, 0.4) is 0 Å². The Hall–Kier alpha value is -1.81. The third kappa shape index (κ3) is 1.99. The monoisotopic (exact) mass is 297 g/mol. The Morgan fingerprint density at radius 1 is 1.00 bits per heavy atom. The molecule has 0 N–H and O–H groups in total. The molecule has 0 unspecified atom stereocenters. The molecule has 0 aliphatic rings. The van der Waals surface area contributed by atoms with E-state index in [1.54, 1.807) is 0 Å². The van der Waals surface area contributed by atoms with E-state index in [1.165, 1.54) is 25.2 Å². The van der Waals surface area contributed by atoms with Crippen molar-refractivity contribution >= 4 is 24.1 Å². The summed E-state index contributed by atoms with van der Waals surface area (Å²) in [6, 6.07) is 19.0. The van der Waals surface area contributed by atoms with Gasteiger partial charge in [0.2, 0.25) is 0 Å². The van der Waals surface area contributed by atoms with Gasteiger partial charge >= 0.3 is 112 Å². The van der Waals surface area contributed by atoms with E-state index in [2.05, 4.69) is 37.3 Å². The minimum atomic E-state index is 0.386. The summed E-state index contributed by atoms with van der Waals surface area (Å²) in [6.07, 6.45) is 0. The molecule has 0 radical (unpaired) electrons. The normalized spacial score (nSPS) is 10.4. The zero-order chi connectivity index (χ0) is 12.5. The Labute approximate surface area is 112 Å². The van der Waals surface area contributed by atoms with Gasteiger partial charge in [-0.2, -0.15) is 0 Å². The standard InChI is InChI=1S/C16H11NSe/c1-11-2-7-15-14(8-11)9-16(18-15)13-5-3-12(10-17)4-6-13/h2-9H,1H3. The number of benzene rings is 2. The fourth-order valence-corrected chi connectivity index (χ4v) is 4.21. The van der Waals surface area contributed by atoms with Gasteiger partial charge in [-0.3, -0.25) is 0 Å². The van der Waals surface area contributed by atoms with Crippen molar-refractivity contribution in [2.45, 2.75) is 6.92 Å². The molecular formula is C16H11NSe. The van der Waals surface area contributed by atoms with Gasteiger partial charge in [0.15, 0.2) is 0 Å². The van der Waals surface area contributed by atoms with Gasteiger partial charge in [-0.1, -0.05) is 0 Å². The van der Waals surface area contributed by atoms with E-state index < -0.39 is 0 Å². The molecule has 0 atom stereocenters. The van der Waals surface area contributed by atoms with Gasteiger partial charge in [-0.25, -0.2) is 0 Å². The van der Waals surface area contributed by atoms with Crippen LogP contribution in [0.5, 0.6) is 0 Å². The van der Waals surface area contributed by atoms with Gasteiger partial charge in [0.1, 0.15) is 0 Å². The molecule has 0 bridgehead atoms. The molecule has 0 aliphatic carbocycles. The molecule has 0 aliphatic heterocycles. The third-order valence-electron chi connectivity index (χ3n) is 2.97. The number of hydrogen-bond acceptors (Lipinski definition) is 1. The first kappa shape index (κ1) is 11.3. The van der Waals surface area contributed by atoms with E-state index in [9.17, 15) is 0 Å². The average molecular weight is 296 g/mol. The number of rotatable bonds is 1. The molecule has 0 amide bonds. The molecule has 3 rings (SSSR count). The second-order valence-electron chi connectivity index (χ2n) is 4.34. The Bertz CT molecular complexity index is 745. The molecule has 2 heteroatoms. The van der Waals surface area contributed by atoms with Gasteiger partial charge in [-0.15, -0.1) is 0 Å². The van der Waals surface area contributed by atoms with Crippen LogP contribution in [0.4, 0.5) is 0 Å². The van der Waals surface area contributed by atoms with Crippen LogP contribution in [0.25, 0.3) is 19.6 Å². The van der Waals surface area contributed by atoms with Crippen LogP contribution >= 0.6 is 0 Å². The number of hydrogen-bond donors (Lipinski definition) is 0. The summed E-state index contributed by atoms with van der Waals surface area (Å²) in [6.45, 7) is 2.13. The van der Waals surface area contributed by atoms with Crippen molar-refractivity contribution in [2.75, 3.05) is 0 Å². The Balaban J connectivity index is 2.10. The van der Waals surface area contributed by atoms with Crippen molar-refractivity contribution in [3.63, 3.8) is 0 Å². The molecule has 1 heterocycles. The van der Waals surface area contributed by atoms with Crippen molar-refractivity contribution in [1.82, 2.24) is 0 Å². The molecule has 3 aromatic rings. The number of nitrogens with zero attached hydrogens (tertiary/aromatic N) is 1. The van der Waals surface area contributed by atoms with Gasteiger partial charge in [0, 0.05) is 0 Å². The number of nitriles is 1. The SMILES string of the molecule is Cc1ccc2[se]c(-c3ccc(C#N)cc3)cc2c1. The fraction of sp³-hybridized carbons (Fsp3) is 0.0625. The van der Waals surface area contributed by atoms with E-state index in [1.807, 2.05) is 24.3 Å². The van der Waals surface area contributed by atoms with Crippen molar-refractivity contribution < 1.29 is 0 Å². The summed E-state index contributed by atoms with van der Waals surface area (Å²) in [5.41, 5.74) is 3.27. The first-order valence-corrected chi connectivity index (χ1v) is 7.48. The summed E-state index contributed by atoms with van der Waals surface area (Å²) in [7, 11) is 0. The van der Waals surface area contributed by atoms with Gasteiger partial charge in [0.05, 0.1) is 0 Å². The van der Waals surface area contributed by atoms with Crippen LogP contribution in [0.1, 0.15) is 11.1 Å². The third-order valence-corrected chi connectivity index (χ3v) is 5.41. The molecule has 0 saturated heterocycles. The summed E-state index contributed by atoms with van der Waals surface area (Å²) in [5.74, 6) is 0. The Kier molecular flexibility index (Phi) is 2.80. The van der Waals surface area contributed by atoms with Crippen LogP contribution in [0.15, 0.2) is 48.5 Å². The number of fused-ring (bicyclic) bond motifs is 1. The topological polar surface area (TPSA) is 23.8 Å². The van der Waals surface area contributed by atoms with Crippen LogP contribution < -0.4 is 0 Å². The molecule has 0 fully saturated rings. The van der Waals surface area contributed by atoms with Crippen LogP contribution in [0.2, 0.25) is 0 Å². The van der Waals surface area contributed by atoms with E-state index in [0.29, 0.717) is 14.5 Å². The quantitative estimate of drug-likeness (QED) is 0.627. The maximum atomic E-state index is 8.81. The maximum absolute atomic E-state index is 8.81. The first-order chi connectivity index (χ1) is 8.76. The molecule has 0 spiro atoms. The second kappa shape index (κ2) is 4.46. The summed E-state index contributed by atoms with van der Waals surface area (Å²) >= 11 is 0.386. The van der Waals surface area contributed by atoms with E-state index in [0.717, 1.165) is 5.56 Å². The number of aryl methyl sites for hydroxylation is 1. The zero-order valence-electron chi connectivity index (χ0n) is 9.97. The second-order valence-corrected chi connectivity index (χ2v) is 6.61. The van der Waals surface area contributed by atoms with Crippen LogP contribution in [-0.4, -0.2) is 14.5 Å². The summed E-state index contributed by atoms with van der Waals surface area (Å²) in [4.78, 5) is 0. The Morgan fingerprint density at radius 2 is 1.78 bits per heavy atom. The zero-order valence-corrected chi connectivity index (χ0v) is 11.7. The van der Waals surface area contributed by atoms with Crippen molar-refractivity contribution in [2.24, 2.45) is 0 Å². The van der Waals surface area contributed by atoms with Gasteiger partial charge in [0.25, 0.3) is 0 Å². The summed E-state index contributed by atoms with van der Waals surface area (Å²) < 4.78 is 2.85. The van der Waals surface area contributed by atoms with Gasteiger partial charge < -0.3 is 0 Å². The average Bonchev–Trinajstić information content (AvgIpc) is 2.81. The van der Waals surface area contributed by atoms with E-state index in [-0.39, 0.29) is 0 Å². The molecule has 18 heavy (non-hydrogen) atoms. The summed E-state index contributed by atoms with van der Waals surface area (Å²) in [5, 5.41) is 10.2. The molecule has 1 nitrogen and oxygen atoms in total. The predicted octanol–water partition coefficient (Wildman–Crippen LogP) is 3.74. The molecule has 2 aromatic carbocycles. The van der Waals surface area contributed by atoms with Crippen LogP contribution in [0, 0.1) is 18.3 Å². The fourth-order valence-electron chi connectivity index (χ4n) is 2.01. The van der Waals surface area contributed by atoms with Crippen molar-refractivity contribution in [3.05, 3.63) is 59.7 Å². The molecular weight excluding hydrogens is 285 g/mol. The van der Waals surface area contributed by atoms with Crippen molar-refractivity contribution in [1.29, 1.82) is 5.26 Å².